The van der Waals surface area contributed by atoms with Crippen molar-refractivity contribution in [2.24, 2.45) is 5.92 Å². The van der Waals surface area contributed by atoms with E-state index in [0.717, 1.165) is 12.5 Å². The van der Waals surface area contributed by atoms with E-state index in [4.69, 9.17) is 0 Å². The van der Waals surface area contributed by atoms with E-state index < -0.39 is 0 Å². The Hall–Kier alpha value is -0.0800. The molecule has 0 amide bonds. The molecule has 2 rings (SSSR count). The largest absolute Gasteiger partial charge is 0.315 e. The van der Waals surface area contributed by atoms with Crippen LogP contribution in [0.3, 0.4) is 0 Å². The molecule has 0 radical (unpaired) electrons. The van der Waals surface area contributed by atoms with Crippen LogP contribution < -0.4 is 10.6 Å². The van der Waals surface area contributed by atoms with Crippen LogP contribution in [0.4, 0.5) is 0 Å². The first kappa shape index (κ1) is 9.47. The Morgan fingerprint density at radius 3 is 2.92 bits per heavy atom. The summed E-state index contributed by atoms with van der Waals surface area (Å²) in [5.74, 6) is 1.07. The van der Waals surface area contributed by atoms with E-state index in [0.29, 0.717) is 5.54 Å². The quantitative estimate of drug-likeness (QED) is 0.630. The molecule has 0 aromatic heterocycles. The van der Waals surface area contributed by atoms with Gasteiger partial charge < -0.3 is 10.6 Å². The second-order valence-electron chi connectivity index (χ2n) is 5.00. The van der Waals surface area contributed by atoms with Crippen LogP contribution in [0, 0.1) is 5.92 Å². The molecule has 1 atom stereocenters. The number of hydrogen-bond donors (Lipinski definition) is 2. The monoisotopic (exact) mass is 182 g/mol. The zero-order valence-corrected chi connectivity index (χ0v) is 8.73. The number of nitrogens with one attached hydrogen (secondary N) is 2. The zero-order valence-electron chi connectivity index (χ0n) is 8.73. The highest BCUT2D eigenvalue weighted by Gasteiger charge is 2.27. The van der Waals surface area contributed by atoms with Crippen LogP contribution in [0.15, 0.2) is 0 Å². The second-order valence-corrected chi connectivity index (χ2v) is 5.00. The summed E-state index contributed by atoms with van der Waals surface area (Å²) < 4.78 is 0. The van der Waals surface area contributed by atoms with Gasteiger partial charge in [-0.05, 0) is 45.2 Å². The van der Waals surface area contributed by atoms with E-state index in [-0.39, 0.29) is 0 Å². The van der Waals surface area contributed by atoms with Gasteiger partial charge in [0, 0.05) is 12.1 Å². The smallest absolute Gasteiger partial charge is 0.0278 e. The van der Waals surface area contributed by atoms with E-state index in [1.165, 1.54) is 45.2 Å². The van der Waals surface area contributed by atoms with Crippen LogP contribution in [0.2, 0.25) is 0 Å². The van der Waals surface area contributed by atoms with Crippen molar-refractivity contribution in [2.45, 2.75) is 44.6 Å². The first-order valence-corrected chi connectivity index (χ1v) is 5.74. The fraction of sp³-hybridized carbons (Fsp3) is 1.00. The van der Waals surface area contributed by atoms with Crippen molar-refractivity contribution in [1.82, 2.24) is 10.6 Å². The summed E-state index contributed by atoms with van der Waals surface area (Å²) in [4.78, 5) is 0. The van der Waals surface area contributed by atoms with Crippen molar-refractivity contribution in [2.75, 3.05) is 19.6 Å². The molecule has 1 saturated carbocycles. The van der Waals surface area contributed by atoms with Crippen molar-refractivity contribution in [1.29, 1.82) is 0 Å². The molecule has 0 aromatic rings. The fourth-order valence-corrected chi connectivity index (χ4v) is 2.18. The molecular weight excluding hydrogens is 160 g/mol. The van der Waals surface area contributed by atoms with Crippen LogP contribution in [0.25, 0.3) is 0 Å². The number of hydrogen-bond acceptors (Lipinski definition) is 2. The Morgan fingerprint density at radius 1 is 1.46 bits per heavy atom. The minimum absolute atomic E-state index is 0.392. The summed E-state index contributed by atoms with van der Waals surface area (Å²) in [7, 11) is 0. The molecule has 2 aliphatic rings. The predicted octanol–water partition coefficient (Wildman–Crippen LogP) is 1.52. The van der Waals surface area contributed by atoms with E-state index in [9.17, 15) is 0 Å². The molecule has 2 N–H and O–H groups in total. The van der Waals surface area contributed by atoms with Gasteiger partial charge in [-0.15, -0.1) is 0 Å². The summed E-state index contributed by atoms with van der Waals surface area (Å²) in [6, 6.07) is 0. The molecule has 2 fully saturated rings. The molecule has 0 aromatic carbocycles. The van der Waals surface area contributed by atoms with Gasteiger partial charge in [-0.3, -0.25) is 0 Å². The minimum atomic E-state index is 0.392. The molecule has 2 heteroatoms. The lowest BCUT2D eigenvalue weighted by atomic mass is 10.0. The predicted molar refractivity (Wildman–Crippen MR) is 55.9 cm³/mol. The van der Waals surface area contributed by atoms with Gasteiger partial charge in [0.05, 0.1) is 0 Å². The third kappa shape index (κ3) is 2.96. The van der Waals surface area contributed by atoms with Crippen molar-refractivity contribution < 1.29 is 0 Å². The Kier molecular flexibility index (Phi) is 2.89. The van der Waals surface area contributed by atoms with Crippen LogP contribution in [0.5, 0.6) is 0 Å². The highest BCUT2D eigenvalue weighted by molar-refractivity contribution is 4.90. The van der Waals surface area contributed by atoms with Crippen LogP contribution in [-0.4, -0.2) is 25.2 Å². The average molecular weight is 182 g/mol. The third-order valence-corrected chi connectivity index (χ3v) is 3.40. The molecule has 1 saturated heterocycles. The second kappa shape index (κ2) is 3.97. The summed E-state index contributed by atoms with van der Waals surface area (Å²) in [5, 5.41) is 7.15. The zero-order chi connectivity index (χ0) is 9.15. The summed E-state index contributed by atoms with van der Waals surface area (Å²) >= 11 is 0. The molecule has 2 nitrogen and oxygen atoms in total. The maximum absolute atomic E-state index is 3.58. The van der Waals surface area contributed by atoms with Gasteiger partial charge in [0.25, 0.3) is 0 Å². The Balaban J connectivity index is 1.55. The Bertz CT molecular complexity index is 157. The summed E-state index contributed by atoms with van der Waals surface area (Å²) in [6.45, 7) is 5.92. The summed E-state index contributed by atoms with van der Waals surface area (Å²) in [6.07, 6.45) is 7.05. The molecule has 1 aliphatic heterocycles. The maximum Gasteiger partial charge on any atom is 0.0278 e. The maximum atomic E-state index is 3.58. The lowest BCUT2D eigenvalue weighted by Gasteiger charge is -2.24. The van der Waals surface area contributed by atoms with E-state index in [1.807, 2.05) is 0 Å². The number of rotatable bonds is 5. The lowest BCUT2D eigenvalue weighted by Crippen LogP contribution is -2.45. The van der Waals surface area contributed by atoms with Gasteiger partial charge in [0.1, 0.15) is 0 Å². The Morgan fingerprint density at radius 2 is 2.31 bits per heavy atom. The molecular formula is C11H22N2. The van der Waals surface area contributed by atoms with Gasteiger partial charge >= 0.3 is 0 Å². The molecule has 1 aliphatic carbocycles. The van der Waals surface area contributed by atoms with E-state index >= 15 is 0 Å². The SMILES string of the molecule is CC1(CNCCC2CC2)CCCN1. The molecule has 1 unspecified atom stereocenters. The molecule has 0 bridgehead atoms. The Labute approximate surface area is 81.5 Å². The molecule has 1 heterocycles. The average Bonchev–Trinajstić information content (AvgIpc) is 2.84. The minimum Gasteiger partial charge on any atom is -0.315 e. The molecule has 76 valence electrons. The van der Waals surface area contributed by atoms with Crippen LogP contribution >= 0.6 is 0 Å². The summed E-state index contributed by atoms with van der Waals surface area (Å²) in [5.41, 5.74) is 0.392. The highest BCUT2D eigenvalue weighted by atomic mass is 15.0. The van der Waals surface area contributed by atoms with Crippen molar-refractivity contribution >= 4 is 0 Å². The van der Waals surface area contributed by atoms with Gasteiger partial charge in [0.15, 0.2) is 0 Å². The van der Waals surface area contributed by atoms with Gasteiger partial charge in [-0.2, -0.15) is 0 Å². The topological polar surface area (TPSA) is 24.1 Å². The van der Waals surface area contributed by atoms with Crippen LogP contribution in [0.1, 0.15) is 39.0 Å². The lowest BCUT2D eigenvalue weighted by molar-refractivity contribution is 0.383. The van der Waals surface area contributed by atoms with Gasteiger partial charge in [-0.1, -0.05) is 12.8 Å². The van der Waals surface area contributed by atoms with E-state index in [1.54, 1.807) is 0 Å². The van der Waals surface area contributed by atoms with Gasteiger partial charge in [0.2, 0.25) is 0 Å². The van der Waals surface area contributed by atoms with Crippen LogP contribution in [-0.2, 0) is 0 Å². The van der Waals surface area contributed by atoms with Crippen molar-refractivity contribution in [3.05, 3.63) is 0 Å². The molecule has 13 heavy (non-hydrogen) atoms. The van der Waals surface area contributed by atoms with Crippen molar-refractivity contribution in [3.8, 4) is 0 Å². The van der Waals surface area contributed by atoms with Crippen molar-refractivity contribution in [3.63, 3.8) is 0 Å². The normalized spacial score (nSPS) is 33.9. The highest BCUT2D eigenvalue weighted by Crippen LogP contribution is 2.31. The van der Waals surface area contributed by atoms with Gasteiger partial charge in [-0.25, -0.2) is 0 Å². The standard InChI is InChI=1S/C11H22N2/c1-11(6-2-7-13-11)9-12-8-5-10-3-4-10/h10,12-13H,2-9H2,1H3. The third-order valence-electron chi connectivity index (χ3n) is 3.40. The van der Waals surface area contributed by atoms with E-state index in [2.05, 4.69) is 17.6 Å². The fourth-order valence-electron chi connectivity index (χ4n) is 2.18. The molecule has 0 spiro atoms. The first-order chi connectivity index (χ1) is 6.29. The first-order valence-electron chi connectivity index (χ1n) is 5.74.